The molecule has 2 amide bonds. The Morgan fingerprint density at radius 1 is 0.909 bits per heavy atom. The van der Waals surface area contributed by atoms with Crippen molar-refractivity contribution in [2.45, 2.75) is 26.3 Å². The molecule has 0 saturated carbocycles. The Bertz CT molecular complexity index is 1040. The van der Waals surface area contributed by atoms with Crippen LogP contribution in [0, 0.1) is 0 Å². The number of nitrogens with zero attached hydrogens (tertiary/aromatic N) is 1. The molecular weight excluding hydrogens is 414 g/mol. The van der Waals surface area contributed by atoms with Gasteiger partial charge >= 0.3 is 0 Å². The van der Waals surface area contributed by atoms with E-state index in [0.29, 0.717) is 30.1 Å². The number of amides is 2. The quantitative estimate of drug-likeness (QED) is 0.399. The summed E-state index contributed by atoms with van der Waals surface area (Å²) in [5.41, 5.74) is 3.05. The van der Waals surface area contributed by atoms with Gasteiger partial charge in [-0.3, -0.25) is 9.59 Å². The van der Waals surface area contributed by atoms with E-state index in [9.17, 15) is 9.59 Å². The summed E-state index contributed by atoms with van der Waals surface area (Å²) in [6, 6.07) is 24.4. The zero-order chi connectivity index (χ0) is 23.5. The molecule has 3 rings (SSSR count). The lowest BCUT2D eigenvalue weighted by molar-refractivity contribution is -0.114. The summed E-state index contributed by atoms with van der Waals surface area (Å²) in [6.07, 6.45) is 2.10. The molecule has 0 spiro atoms. The minimum Gasteiger partial charge on any atom is -0.494 e. The molecule has 0 saturated heterocycles. The van der Waals surface area contributed by atoms with Gasteiger partial charge in [0.25, 0.3) is 5.91 Å². The van der Waals surface area contributed by atoms with Crippen molar-refractivity contribution in [1.82, 2.24) is 4.90 Å². The number of carbonyl (C=O) groups excluding carboxylic acids is 2. The zero-order valence-corrected chi connectivity index (χ0v) is 19.2. The molecule has 3 aromatic rings. The van der Waals surface area contributed by atoms with E-state index in [4.69, 9.17) is 4.74 Å². The Balaban J connectivity index is 1.49. The third-order valence-electron chi connectivity index (χ3n) is 5.08. The van der Waals surface area contributed by atoms with Gasteiger partial charge in [-0.25, -0.2) is 0 Å². The predicted octanol–water partition coefficient (Wildman–Crippen LogP) is 5.19. The molecular formula is C27H31N3O3. The fraction of sp³-hybridized carbons (Fsp3) is 0.259. The molecule has 33 heavy (non-hydrogen) atoms. The molecule has 0 atom stereocenters. The summed E-state index contributed by atoms with van der Waals surface area (Å²) in [7, 11) is 1.78. The Labute approximate surface area is 195 Å². The van der Waals surface area contributed by atoms with Crippen molar-refractivity contribution in [2.24, 2.45) is 0 Å². The molecule has 0 bridgehead atoms. The number of carbonyl (C=O) groups is 2. The lowest BCUT2D eigenvalue weighted by Crippen LogP contribution is -2.26. The minimum atomic E-state index is -0.174. The fourth-order valence-electron chi connectivity index (χ4n) is 3.27. The van der Waals surface area contributed by atoms with E-state index < -0.39 is 0 Å². The highest BCUT2D eigenvalue weighted by molar-refractivity contribution is 5.96. The second-order valence-corrected chi connectivity index (χ2v) is 7.86. The van der Waals surface area contributed by atoms with Gasteiger partial charge in [-0.1, -0.05) is 49.7 Å². The van der Waals surface area contributed by atoms with Gasteiger partial charge in [0.2, 0.25) is 5.91 Å². The van der Waals surface area contributed by atoms with Gasteiger partial charge in [0.1, 0.15) is 5.75 Å². The van der Waals surface area contributed by atoms with Gasteiger partial charge in [-0.05, 0) is 54.4 Å². The van der Waals surface area contributed by atoms with E-state index in [1.54, 1.807) is 30.1 Å². The summed E-state index contributed by atoms with van der Waals surface area (Å²) in [5.74, 6) is 0.541. The first-order valence-electron chi connectivity index (χ1n) is 11.2. The summed E-state index contributed by atoms with van der Waals surface area (Å²) >= 11 is 0. The number of benzene rings is 3. The molecule has 0 aliphatic heterocycles. The lowest BCUT2D eigenvalue weighted by Gasteiger charge is -2.18. The van der Waals surface area contributed by atoms with Crippen molar-refractivity contribution in [3.05, 3.63) is 90.0 Å². The van der Waals surface area contributed by atoms with Crippen LogP contribution in [0.25, 0.3) is 0 Å². The van der Waals surface area contributed by atoms with Crippen molar-refractivity contribution in [1.29, 1.82) is 0 Å². The van der Waals surface area contributed by atoms with Crippen LogP contribution in [0.1, 0.15) is 35.7 Å². The molecule has 6 heteroatoms. The normalized spacial score (nSPS) is 10.4. The third kappa shape index (κ3) is 7.68. The van der Waals surface area contributed by atoms with Gasteiger partial charge in [-0.2, -0.15) is 0 Å². The van der Waals surface area contributed by atoms with Crippen molar-refractivity contribution < 1.29 is 14.3 Å². The molecule has 6 nitrogen and oxygen atoms in total. The number of unbranched alkanes of at least 4 members (excludes halogenated alkanes) is 1. The van der Waals surface area contributed by atoms with Crippen LogP contribution in [0.15, 0.2) is 78.9 Å². The number of rotatable bonds is 11. The first-order valence-corrected chi connectivity index (χ1v) is 11.2. The molecule has 172 valence electrons. The van der Waals surface area contributed by atoms with E-state index in [2.05, 4.69) is 17.6 Å². The Hall–Kier alpha value is -3.80. The minimum absolute atomic E-state index is 0.0757. The molecule has 0 aliphatic carbocycles. The first-order chi connectivity index (χ1) is 16.0. The lowest BCUT2D eigenvalue weighted by atomic mass is 10.1. The Kier molecular flexibility index (Phi) is 8.88. The smallest absolute Gasteiger partial charge is 0.253 e. The number of anilines is 2. The molecule has 0 aromatic heterocycles. The van der Waals surface area contributed by atoms with Crippen LogP contribution in [-0.4, -0.2) is 36.9 Å². The average Bonchev–Trinajstić information content (AvgIpc) is 2.84. The summed E-state index contributed by atoms with van der Waals surface area (Å²) in [5, 5.41) is 5.94. The Morgan fingerprint density at radius 2 is 1.67 bits per heavy atom. The van der Waals surface area contributed by atoms with Crippen LogP contribution in [0.2, 0.25) is 0 Å². The highest BCUT2D eigenvalue weighted by Gasteiger charge is 2.13. The van der Waals surface area contributed by atoms with Gasteiger partial charge in [-0.15, -0.1) is 0 Å². The van der Waals surface area contributed by atoms with Crippen molar-refractivity contribution in [3.8, 4) is 5.75 Å². The van der Waals surface area contributed by atoms with Gasteiger partial charge in [0.15, 0.2) is 0 Å². The van der Waals surface area contributed by atoms with Crippen LogP contribution in [0.5, 0.6) is 5.75 Å². The van der Waals surface area contributed by atoms with Crippen LogP contribution in [-0.2, 0) is 11.3 Å². The number of ether oxygens (including phenoxy) is 1. The maximum Gasteiger partial charge on any atom is 0.253 e. The van der Waals surface area contributed by atoms with Crippen LogP contribution < -0.4 is 15.4 Å². The number of hydrogen-bond donors (Lipinski definition) is 2. The molecule has 2 N–H and O–H groups in total. The van der Waals surface area contributed by atoms with Crippen molar-refractivity contribution in [3.63, 3.8) is 0 Å². The third-order valence-corrected chi connectivity index (χ3v) is 5.08. The maximum absolute atomic E-state index is 12.8. The molecule has 0 heterocycles. The monoisotopic (exact) mass is 445 g/mol. The Morgan fingerprint density at radius 3 is 2.39 bits per heavy atom. The van der Waals surface area contributed by atoms with Gasteiger partial charge in [0.05, 0.1) is 13.2 Å². The molecule has 0 aliphatic rings. The largest absolute Gasteiger partial charge is 0.494 e. The van der Waals surface area contributed by atoms with Gasteiger partial charge < -0.3 is 20.3 Å². The predicted molar refractivity (Wildman–Crippen MR) is 133 cm³/mol. The number of hydrogen-bond acceptors (Lipinski definition) is 4. The van der Waals surface area contributed by atoms with E-state index in [0.717, 1.165) is 24.2 Å². The van der Waals surface area contributed by atoms with Crippen LogP contribution in [0.4, 0.5) is 11.4 Å². The topological polar surface area (TPSA) is 70.7 Å². The van der Waals surface area contributed by atoms with E-state index in [-0.39, 0.29) is 18.4 Å². The van der Waals surface area contributed by atoms with Crippen molar-refractivity contribution in [2.75, 3.05) is 30.8 Å². The fourth-order valence-corrected chi connectivity index (χ4v) is 3.27. The standard InChI is InChI=1S/C27H31N3O3/c1-3-4-17-33-25-15-13-23(14-16-25)29-26(31)19-28-24-12-8-11-22(18-24)27(32)30(2)20-21-9-6-5-7-10-21/h5-16,18,28H,3-4,17,19-20H2,1-2H3,(H,29,31). The van der Waals surface area contributed by atoms with Crippen molar-refractivity contribution >= 4 is 23.2 Å². The van der Waals surface area contributed by atoms with Gasteiger partial charge in [0, 0.05) is 30.5 Å². The highest BCUT2D eigenvalue weighted by Crippen LogP contribution is 2.17. The molecule has 0 radical (unpaired) electrons. The highest BCUT2D eigenvalue weighted by atomic mass is 16.5. The molecule has 0 fully saturated rings. The number of nitrogens with one attached hydrogen (secondary N) is 2. The van der Waals surface area contributed by atoms with E-state index in [1.165, 1.54) is 0 Å². The van der Waals surface area contributed by atoms with E-state index >= 15 is 0 Å². The molecule has 3 aromatic carbocycles. The SMILES string of the molecule is CCCCOc1ccc(NC(=O)CNc2cccc(C(=O)N(C)Cc3ccccc3)c2)cc1. The summed E-state index contributed by atoms with van der Waals surface area (Å²) in [6.45, 7) is 3.43. The first kappa shape index (κ1) is 23.9. The zero-order valence-electron chi connectivity index (χ0n) is 19.2. The second kappa shape index (κ2) is 12.3. The maximum atomic E-state index is 12.8. The van der Waals surface area contributed by atoms with Crippen LogP contribution >= 0.6 is 0 Å². The molecule has 0 unspecified atom stereocenters. The van der Waals surface area contributed by atoms with E-state index in [1.807, 2.05) is 60.7 Å². The second-order valence-electron chi connectivity index (χ2n) is 7.86. The average molecular weight is 446 g/mol. The van der Waals surface area contributed by atoms with Crippen LogP contribution in [0.3, 0.4) is 0 Å². The summed E-state index contributed by atoms with van der Waals surface area (Å²) < 4.78 is 5.64. The summed E-state index contributed by atoms with van der Waals surface area (Å²) in [4.78, 5) is 26.8.